The Labute approximate surface area is 121 Å². The summed E-state index contributed by atoms with van der Waals surface area (Å²) in [6.45, 7) is 0. The minimum Gasteiger partial charge on any atom is -0.388 e. The van der Waals surface area contributed by atoms with Crippen molar-refractivity contribution in [1.82, 2.24) is 0 Å². The number of rotatable bonds is 1. The monoisotopic (exact) mass is 275 g/mol. The molecule has 20 heavy (non-hydrogen) atoms. The highest BCUT2D eigenvalue weighted by atomic mass is 16.5. The molecule has 0 aromatic carbocycles. The van der Waals surface area contributed by atoms with Gasteiger partial charge in [-0.3, -0.25) is 0 Å². The SMILES string of the molecule is N#CC1(C2(O)CCC3(CCCC3)CC2)CC2CCC1O2. The van der Waals surface area contributed by atoms with Crippen molar-refractivity contribution in [2.75, 3.05) is 0 Å². The molecule has 0 amide bonds. The summed E-state index contributed by atoms with van der Waals surface area (Å²) >= 11 is 0. The molecule has 3 unspecified atom stereocenters. The van der Waals surface area contributed by atoms with E-state index in [4.69, 9.17) is 4.74 Å². The molecular weight excluding hydrogens is 250 g/mol. The quantitative estimate of drug-likeness (QED) is 0.798. The number of nitrogens with zero attached hydrogens (tertiary/aromatic N) is 1. The minimum atomic E-state index is -0.796. The Kier molecular flexibility index (Phi) is 2.76. The molecule has 110 valence electrons. The van der Waals surface area contributed by atoms with Crippen molar-refractivity contribution >= 4 is 0 Å². The lowest BCUT2D eigenvalue weighted by Crippen LogP contribution is -2.55. The summed E-state index contributed by atoms with van der Waals surface area (Å²) in [5.41, 5.74) is -0.910. The van der Waals surface area contributed by atoms with Crippen molar-refractivity contribution in [3.05, 3.63) is 0 Å². The van der Waals surface area contributed by atoms with Crippen LogP contribution >= 0.6 is 0 Å². The Hall–Kier alpha value is -0.590. The fourth-order valence-corrected chi connectivity index (χ4v) is 5.69. The Bertz CT molecular complexity index is 438. The van der Waals surface area contributed by atoms with Crippen molar-refractivity contribution in [3.63, 3.8) is 0 Å². The molecule has 2 bridgehead atoms. The molecule has 3 heteroatoms. The van der Waals surface area contributed by atoms with Crippen LogP contribution in [0.1, 0.15) is 70.6 Å². The largest absolute Gasteiger partial charge is 0.388 e. The van der Waals surface area contributed by atoms with E-state index in [0.717, 1.165) is 44.9 Å². The molecule has 4 aliphatic rings. The van der Waals surface area contributed by atoms with E-state index in [1.54, 1.807) is 0 Å². The molecule has 1 N–H and O–H groups in total. The highest BCUT2D eigenvalue weighted by molar-refractivity contribution is 5.22. The van der Waals surface area contributed by atoms with Gasteiger partial charge >= 0.3 is 0 Å². The predicted molar refractivity (Wildman–Crippen MR) is 74.9 cm³/mol. The minimum absolute atomic E-state index is 0.0138. The normalized spacial score (nSPS) is 44.8. The first-order valence-corrected chi connectivity index (χ1v) is 8.41. The third kappa shape index (κ3) is 1.58. The number of aliphatic hydroxyl groups is 1. The third-order valence-corrected chi connectivity index (χ3v) is 7.04. The maximum absolute atomic E-state index is 11.3. The van der Waals surface area contributed by atoms with Crippen molar-refractivity contribution in [1.29, 1.82) is 5.26 Å². The summed E-state index contributed by atoms with van der Waals surface area (Å²) in [6, 6.07) is 2.52. The van der Waals surface area contributed by atoms with E-state index in [1.165, 1.54) is 25.7 Å². The van der Waals surface area contributed by atoms with E-state index in [1.807, 2.05) is 0 Å². The first kappa shape index (κ1) is 13.1. The van der Waals surface area contributed by atoms with Crippen LogP contribution in [0, 0.1) is 22.2 Å². The van der Waals surface area contributed by atoms with Crippen LogP contribution in [0.5, 0.6) is 0 Å². The number of ether oxygens (including phenoxy) is 1. The van der Waals surface area contributed by atoms with Gasteiger partial charge in [0.25, 0.3) is 0 Å². The van der Waals surface area contributed by atoms with E-state index in [0.29, 0.717) is 5.41 Å². The van der Waals surface area contributed by atoms with Crippen molar-refractivity contribution in [2.45, 2.75) is 88.4 Å². The van der Waals surface area contributed by atoms with Gasteiger partial charge in [0.05, 0.1) is 23.9 Å². The van der Waals surface area contributed by atoms with Crippen LogP contribution in [0.3, 0.4) is 0 Å². The molecule has 1 spiro atoms. The second-order valence-corrected chi connectivity index (χ2v) is 7.85. The molecule has 2 aliphatic heterocycles. The van der Waals surface area contributed by atoms with Crippen LogP contribution < -0.4 is 0 Å². The van der Waals surface area contributed by atoms with Gasteiger partial charge in [-0.1, -0.05) is 12.8 Å². The van der Waals surface area contributed by atoms with Gasteiger partial charge in [0.2, 0.25) is 0 Å². The Morgan fingerprint density at radius 2 is 1.70 bits per heavy atom. The van der Waals surface area contributed by atoms with Crippen LogP contribution in [-0.4, -0.2) is 22.9 Å². The third-order valence-electron chi connectivity index (χ3n) is 7.04. The van der Waals surface area contributed by atoms with Crippen molar-refractivity contribution < 1.29 is 9.84 Å². The Morgan fingerprint density at radius 1 is 1.00 bits per heavy atom. The van der Waals surface area contributed by atoms with E-state index < -0.39 is 11.0 Å². The smallest absolute Gasteiger partial charge is 0.114 e. The highest BCUT2D eigenvalue weighted by Crippen LogP contribution is 2.60. The van der Waals surface area contributed by atoms with Gasteiger partial charge in [-0.25, -0.2) is 0 Å². The summed E-state index contributed by atoms with van der Waals surface area (Å²) in [4.78, 5) is 0. The fourth-order valence-electron chi connectivity index (χ4n) is 5.69. The summed E-state index contributed by atoms with van der Waals surface area (Å²) in [5.74, 6) is 0. The van der Waals surface area contributed by atoms with E-state index >= 15 is 0 Å². The Morgan fingerprint density at radius 3 is 2.20 bits per heavy atom. The molecule has 0 aromatic rings. The molecule has 2 saturated heterocycles. The number of hydrogen-bond donors (Lipinski definition) is 1. The summed E-state index contributed by atoms with van der Waals surface area (Å²) in [7, 11) is 0. The van der Waals surface area contributed by atoms with E-state index in [-0.39, 0.29) is 12.2 Å². The zero-order valence-electron chi connectivity index (χ0n) is 12.2. The number of hydrogen-bond acceptors (Lipinski definition) is 3. The fraction of sp³-hybridized carbons (Fsp3) is 0.941. The van der Waals surface area contributed by atoms with Gasteiger partial charge in [-0.15, -0.1) is 0 Å². The maximum Gasteiger partial charge on any atom is 0.114 e. The van der Waals surface area contributed by atoms with Gasteiger partial charge in [0.15, 0.2) is 0 Å². The first-order chi connectivity index (χ1) is 9.62. The molecule has 2 aliphatic carbocycles. The average Bonchev–Trinajstić information content (AvgIpc) is 3.18. The lowest BCUT2D eigenvalue weighted by atomic mass is 9.55. The van der Waals surface area contributed by atoms with Crippen molar-refractivity contribution in [3.8, 4) is 6.07 Å². The standard InChI is InChI=1S/C17H25NO2/c18-12-16(11-13-3-4-14(16)20-13)17(19)9-7-15(8-10-17)5-1-2-6-15/h13-14,19H,1-11H2. The van der Waals surface area contributed by atoms with Crippen LogP contribution in [0.2, 0.25) is 0 Å². The zero-order chi connectivity index (χ0) is 13.8. The second kappa shape index (κ2) is 4.21. The van der Waals surface area contributed by atoms with Gasteiger partial charge < -0.3 is 9.84 Å². The summed E-state index contributed by atoms with van der Waals surface area (Å²) < 4.78 is 5.93. The Balaban J connectivity index is 1.57. The highest BCUT2D eigenvalue weighted by Gasteiger charge is 2.64. The van der Waals surface area contributed by atoms with Crippen LogP contribution in [0.15, 0.2) is 0 Å². The number of fused-ring (bicyclic) bond motifs is 2. The summed E-state index contributed by atoms with van der Waals surface area (Å²) in [6.07, 6.45) is 12.3. The van der Waals surface area contributed by atoms with Gasteiger partial charge in [-0.05, 0) is 63.2 Å². The lowest BCUT2D eigenvalue weighted by molar-refractivity contribution is -0.125. The second-order valence-electron chi connectivity index (χ2n) is 7.85. The first-order valence-electron chi connectivity index (χ1n) is 8.41. The lowest BCUT2D eigenvalue weighted by Gasteiger charge is -2.50. The molecule has 3 nitrogen and oxygen atoms in total. The molecule has 0 radical (unpaired) electrons. The molecule has 4 rings (SSSR count). The molecule has 2 heterocycles. The molecule has 3 atom stereocenters. The average molecular weight is 275 g/mol. The van der Waals surface area contributed by atoms with Crippen molar-refractivity contribution in [2.24, 2.45) is 10.8 Å². The van der Waals surface area contributed by atoms with Crippen LogP contribution in [-0.2, 0) is 4.74 Å². The zero-order valence-corrected chi connectivity index (χ0v) is 12.2. The molecule has 4 fully saturated rings. The molecule has 0 aromatic heterocycles. The topological polar surface area (TPSA) is 53.2 Å². The predicted octanol–water partition coefficient (Wildman–Crippen LogP) is 3.31. The number of nitriles is 1. The maximum atomic E-state index is 11.3. The van der Waals surface area contributed by atoms with Crippen LogP contribution in [0.4, 0.5) is 0 Å². The van der Waals surface area contributed by atoms with Gasteiger partial charge in [0.1, 0.15) is 5.41 Å². The summed E-state index contributed by atoms with van der Waals surface area (Å²) in [5, 5.41) is 21.1. The van der Waals surface area contributed by atoms with Crippen LogP contribution in [0.25, 0.3) is 0 Å². The van der Waals surface area contributed by atoms with Gasteiger partial charge in [0, 0.05) is 0 Å². The van der Waals surface area contributed by atoms with E-state index in [2.05, 4.69) is 6.07 Å². The van der Waals surface area contributed by atoms with Gasteiger partial charge in [-0.2, -0.15) is 5.26 Å². The molecule has 2 saturated carbocycles. The molecular formula is C17H25NO2. The van der Waals surface area contributed by atoms with E-state index in [9.17, 15) is 10.4 Å².